The average molecular weight is 446 g/mol. The Kier molecular flexibility index (Phi) is 5.47. The lowest BCUT2D eigenvalue weighted by atomic mass is 10.00. The van der Waals surface area contributed by atoms with Crippen LogP contribution in [0.3, 0.4) is 0 Å². The first-order valence-corrected chi connectivity index (χ1v) is 11.1. The van der Waals surface area contributed by atoms with E-state index in [9.17, 15) is 9.90 Å². The van der Waals surface area contributed by atoms with E-state index in [2.05, 4.69) is 25.5 Å². The third kappa shape index (κ3) is 4.27. The maximum absolute atomic E-state index is 12.6. The van der Waals surface area contributed by atoms with Gasteiger partial charge in [0.05, 0.1) is 17.8 Å². The molecular formula is C25H27N5O3. The van der Waals surface area contributed by atoms with Gasteiger partial charge in [-0.3, -0.25) is 9.78 Å². The molecule has 33 heavy (non-hydrogen) atoms. The van der Waals surface area contributed by atoms with Gasteiger partial charge in [-0.1, -0.05) is 0 Å². The van der Waals surface area contributed by atoms with Crippen LogP contribution in [0.2, 0.25) is 0 Å². The second-order valence-electron chi connectivity index (χ2n) is 8.92. The molecule has 1 unspecified atom stereocenters. The van der Waals surface area contributed by atoms with Gasteiger partial charge in [0.15, 0.2) is 0 Å². The maximum Gasteiger partial charge on any atom is 0.255 e. The molecule has 0 bridgehead atoms. The third-order valence-electron chi connectivity index (χ3n) is 6.18. The van der Waals surface area contributed by atoms with E-state index in [0.717, 1.165) is 34.6 Å². The van der Waals surface area contributed by atoms with Crippen LogP contribution in [0.1, 0.15) is 29.8 Å². The molecule has 3 N–H and O–H groups in total. The minimum atomic E-state index is -0.894. The number of anilines is 3. The predicted octanol–water partition coefficient (Wildman–Crippen LogP) is 3.11. The summed E-state index contributed by atoms with van der Waals surface area (Å²) in [5.74, 6) is 0.414. The topological polar surface area (TPSA) is 99.6 Å². The van der Waals surface area contributed by atoms with Crippen LogP contribution in [0.15, 0.2) is 55.0 Å². The first-order chi connectivity index (χ1) is 15.9. The van der Waals surface area contributed by atoms with Crippen molar-refractivity contribution in [2.45, 2.75) is 32.1 Å². The smallest absolute Gasteiger partial charge is 0.255 e. The largest absolute Gasteiger partial charge is 0.388 e. The van der Waals surface area contributed by atoms with Gasteiger partial charge in [0.2, 0.25) is 0 Å². The fourth-order valence-corrected chi connectivity index (χ4v) is 4.31. The predicted molar refractivity (Wildman–Crippen MR) is 127 cm³/mol. The SMILES string of the molecule is CC(C)(O)C1CN(c2ccc(Nc3ncc(-c4ccncc4)c4c3C(=O)NC4)cc2)CCO1. The Morgan fingerprint density at radius 3 is 2.67 bits per heavy atom. The molecule has 5 rings (SSSR count). The number of benzene rings is 1. The molecule has 0 radical (unpaired) electrons. The first kappa shape index (κ1) is 21.4. The van der Waals surface area contributed by atoms with E-state index in [1.807, 2.05) is 36.4 Å². The number of aromatic nitrogens is 2. The van der Waals surface area contributed by atoms with E-state index >= 15 is 0 Å². The van der Waals surface area contributed by atoms with Crippen LogP contribution in [0, 0.1) is 0 Å². The second-order valence-corrected chi connectivity index (χ2v) is 8.92. The van der Waals surface area contributed by atoms with Gasteiger partial charge in [-0.25, -0.2) is 4.98 Å². The molecule has 170 valence electrons. The fourth-order valence-electron chi connectivity index (χ4n) is 4.31. The molecule has 2 aliphatic rings. The Labute approximate surface area is 192 Å². The number of rotatable bonds is 5. The Hall–Kier alpha value is -3.49. The summed E-state index contributed by atoms with van der Waals surface area (Å²) in [5, 5.41) is 16.5. The number of nitrogens with one attached hydrogen (secondary N) is 2. The van der Waals surface area contributed by atoms with Crippen LogP contribution >= 0.6 is 0 Å². The monoisotopic (exact) mass is 445 g/mol. The van der Waals surface area contributed by atoms with Crippen LogP contribution in [0.4, 0.5) is 17.2 Å². The van der Waals surface area contributed by atoms with E-state index in [1.165, 1.54) is 0 Å². The summed E-state index contributed by atoms with van der Waals surface area (Å²) in [6, 6.07) is 11.8. The molecule has 8 nitrogen and oxygen atoms in total. The van der Waals surface area contributed by atoms with Crippen molar-refractivity contribution in [1.29, 1.82) is 0 Å². The summed E-state index contributed by atoms with van der Waals surface area (Å²) in [6.07, 6.45) is 5.03. The maximum atomic E-state index is 12.6. The van der Waals surface area contributed by atoms with Crippen molar-refractivity contribution in [3.63, 3.8) is 0 Å². The van der Waals surface area contributed by atoms with Crippen LogP contribution in [-0.4, -0.2) is 52.4 Å². The molecule has 2 aromatic heterocycles. The number of morpholine rings is 1. The highest BCUT2D eigenvalue weighted by Crippen LogP contribution is 2.33. The standard InChI is InChI=1S/C25H27N5O3/c1-25(2,32)21-15-30(11-12-33-21)18-5-3-17(4-6-18)29-23-22-20(14-28-24(22)31)19(13-27-23)16-7-9-26-10-8-16/h3-10,13,21,32H,11-12,14-15H2,1-2H3,(H,27,29)(H,28,31). The highest BCUT2D eigenvalue weighted by molar-refractivity contribution is 6.05. The van der Waals surface area contributed by atoms with Crippen LogP contribution in [0.25, 0.3) is 11.1 Å². The van der Waals surface area contributed by atoms with Gasteiger partial charge in [0, 0.05) is 55.2 Å². The molecule has 1 fully saturated rings. The van der Waals surface area contributed by atoms with E-state index in [1.54, 1.807) is 32.4 Å². The van der Waals surface area contributed by atoms with Gasteiger partial charge in [0.25, 0.3) is 5.91 Å². The van der Waals surface area contributed by atoms with E-state index in [0.29, 0.717) is 31.1 Å². The molecule has 1 aromatic carbocycles. The number of amides is 1. The number of aliphatic hydroxyl groups is 1. The lowest BCUT2D eigenvalue weighted by molar-refractivity contribution is -0.0927. The number of fused-ring (bicyclic) bond motifs is 1. The van der Waals surface area contributed by atoms with Crippen LogP contribution < -0.4 is 15.5 Å². The minimum Gasteiger partial charge on any atom is -0.388 e. The molecule has 1 atom stereocenters. The highest BCUT2D eigenvalue weighted by atomic mass is 16.5. The van der Waals surface area contributed by atoms with E-state index in [-0.39, 0.29) is 12.0 Å². The molecule has 4 heterocycles. The van der Waals surface area contributed by atoms with Gasteiger partial charge in [-0.2, -0.15) is 0 Å². The van der Waals surface area contributed by atoms with Gasteiger partial charge < -0.3 is 25.4 Å². The summed E-state index contributed by atoms with van der Waals surface area (Å²) >= 11 is 0. The molecule has 1 amide bonds. The van der Waals surface area contributed by atoms with Crippen molar-refractivity contribution in [2.24, 2.45) is 0 Å². The number of carbonyl (C=O) groups excluding carboxylic acids is 1. The van der Waals surface area contributed by atoms with Crippen LogP contribution in [-0.2, 0) is 11.3 Å². The number of carbonyl (C=O) groups is 1. The number of hydrogen-bond donors (Lipinski definition) is 3. The van der Waals surface area contributed by atoms with Crippen molar-refractivity contribution in [1.82, 2.24) is 15.3 Å². The van der Waals surface area contributed by atoms with Crippen molar-refractivity contribution in [2.75, 3.05) is 29.9 Å². The lowest BCUT2D eigenvalue weighted by Gasteiger charge is -2.39. The summed E-state index contributed by atoms with van der Waals surface area (Å²) in [7, 11) is 0. The molecule has 8 heteroatoms. The zero-order valence-electron chi connectivity index (χ0n) is 18.7. The molecule has 2 aliphatic heterocycles. The zero-order valence-corrected chi connectivity index (χ0v) is 18.7. The van der Waals surface area contributed by atoms with Crippen molar-refractivity contribution in [3.05, 3.63) is 66.1 Å². The third-order valence-corrected chi connectivity index (χ3v) is 6.18. The summed E-state index contributed by atoms with van der Waals surface area (Å²) < 4.78 is 5.74. The van der Waals surface area contributed by atoms with Crippen molar-refractivity contribution >= 4 is 23.1 Å². The van der Waals surface area contributed by atoms with E-state index < -0.39 is 5.60 Å². The molecule has 0 spiro atoms. The Bertz CT molecular complexity index is 1160. The Morgan fingerprint density at radius 1 is 1.18 bits per heavy atom. The summed E-state index contributed by atoms with van der Waals surface area (Å²) in [4.78, 5) is 23.4. The van der Waals surface area contributed by atoms with Crippen LogP contribution in [0.5, 0.6) is 0 Å². The van der Waals surface area contributed by atoms with Gasteiger partial charge >= 0.3 is 0 Å². The summed E-state index contributed by atoms with van der Waals surface area (Å²) in [5.41, 5.74) is 4.44. The molecule has 0 aliphatic carbocycles. The number of ether oxygens (including phenoxy) is 1. The first-order valence-electron chi connectivity index (χ1n) is 11.1. The number of nitrogens with zero attached hydrogens (tertiary/aromatic N) is 3. The van der Waals surface area contributed by atoms with Crippen molar-refractivity contribution in [3.8, 4) is 11.1 Å². The Morgan fingerprint density at radius 2 is 1.94 bits per heavy atom. The summed E-state index contributed by atoms with van der Waals surface area (Å²) in [6.45, 7) is 5.99. The molecule has 3 aromatic rings. The normalized spacial score (nSPS) is 18.1. The van der Waals surface area contributed by atoms with Crippen molar-refractivity contribution < 1.29 is 14.6 Å². The van der Waals surface area contributed by atoms with Gasteiger partial charge in [0.1, 0.15) is 11.9 Å². The molecular weight excluding hydrogens is 418 g/mol. The fraction of sp³-hybridized carbons (Fsp3) is 0.320. The highest BCUT2D eigenvalue weighted by Gasteiger charge is 2.32. The minimum absolute atomic E-state index is 0.126. The number of pyridine rings is 2. The zero-order chi connectivity index (χ0) is 23.0. The quantitative estimate of drug-likeness (QED) is 0.555. The average Bonchev–Trinajstić information content (AvgIpc) is 3.22. The molecule has 1 saturated heterocycles. The second kappa shape index (κ2) is 8.46. The lowest BCUT2D eigenvalue weighted by Crippen LogP contribution is -2.52. The van der Waals surface area contributed by atoms with E-state index in [4.69, 9.17) is 4.74 Å². The molecule has 0 saturated carbocycles. The number of hydrogen-bond acceptors (Lipinski definition) is 7. The van der Waals surface area contributed by atoms with Gasteiger partial charge in [-0.15, -0.1) is 0 Å². The Balaban J connectivity index is 1.37. The van der Waals surface area contributed by atoms with Gasteiger partial charge in [-0.05, 0) is 61.4 Å².